The highest BCUT2D eigenvalue weighted by Crippen LogP contribution is 2.26. The molecule has 64 valence electrons. The maximum Gasteiger partial charge on any atom is 0.103 e. The van der Waals surface area contributed by atoms with Gasteiger partial charge in [0.1, 0.15) is 5.17 Å². The molecule has 0 N–H and O–H groups in total. The summed E-state index contributed by atoms with van der Waals surface area (Å²) in [4.78, 5) is 4.21. The number of allylic oxidation sites excluding steroid dienone is 2. The molecule has 0 aromatic heterocycles. The van der Waals surface area contributed by atoms with Gasteiger partial charge in [-0.1, -0.05) is 38.4 Å². The molecule has 0 aromatic rings. The van der Waals surface area contributed by atoms with Crippen LogP contribution >= 0.6 is 11.6 Å². The molecule has 0 fully saturated rings. The van der Waals surface area contributed by atoms with E-state index in [1.165, 1.54) is 0 Å². The van der Waals surface area contributed by atoms with Gasteiger partial charge in [0.25, 0.3) is 0 Å². The lowest BCUT2D eigenvalue weighted by Crippen LogP contribution is -2.07. The molecule has 0 atom stereocenters. The van der Waals surface area contributed by atoms with Gasteiger partial charge in [0.05, 0.1) is 0 Å². The van der Waals surface area contributed by atoms with Crippen LogP contribution in [0.4, 0.5) is 0 Å². The Kier molecular flexibility index (Phi) is 3.81. The van der Waals surface area contributed by atoms with Gasteiger partial charge in [0.15, 0.2) is 0 Å². The molecule has 2 heteroatoms. The molecule has 0 aliphatic rings. The van der Waals surface area contributed by atoms with E-state index in [2.05, 4.69) is 25.8 Å². The average molecular weight is 174 g/mol. The number of nitrogens with zero attached hydrogens (tertiary/aromatic N) is 1. The fourth-order valence-electron chi connectivity index (χ4n) is 0.831. The number of hydrogen-bond acceptors (Lipinski definition) is 1. The van der Waals surface area contributed by atoms with Crippen LogP contribution in [0, 0.1) is 5.41 Å². The van der Waals surface area contributed by atoms with E-state index in [0.29, 0.717) is 5.17 Å². The first kappa shape index (κ1) is 10.7. The summed E-state index contributed by atoms with van der Waals surface area (Å²) in [5, 5.41) is 0.591. The van der Waals surface area contributed by atoms with E-state index in [1.54, 1.807) is 6.92 Å². The highest BCUT2D eigenvalue weighted by Gasteiger charge is 2.15. The van der Waals surface area contributed by atoms with Crippen molar-refractivity contribution in [1.82, 2.24) is 0 Å². The minimum absolute atomic E-state index is 0.0882. The summed E-state index contributed by atoms with van der Waals surface area (Å²) in [5.41, 5.74) is 1.12. The summed E-state index contributed by atoms with van der Waals surface area (Å²) in [6.07, 6.45) is 1.99. The van der Waals surface area contributed by atoms with Gasteiger partial charge in [0.2, 0.25) is 0 Å². The number of aliphatic imine (C=N–C) groups is 1. The number of halogens is 1. The molecule has 0 aliphatic heterocycles. The van der Waals surface area contributed by atoms with Crippen molar-refractivity contribution in [2.45, 2.75) is 34.6 Å². The summed E-state index contributed by atoms with van der Waals surface area (Å²) in [6, 6.07) is 0. The van der Waals surface area contributed by atoms with Gasteiger partial charge >= 0.3 is 0 Å². The molecule has 0 radical (unpaired) electrons. The van der Waals surface area contributed by atoms with Crippen LogP contribution in [0.3, 0.4) is 0 Å². The van der Waals surface area contributed by atoms with E-state index in [9.17, 15) is 0 Å². The lowest BCUT2D eigenvalue weighted by Gasteiger charge is -2.18. The topological polar surface area (TPSA) is 12.4 Å². The minimum Gasteiger partial charge on any atom is -0.246 e. The van der Waals surface area contributed by atoms with Crippen molar-refractivity contribution in [2.75, 3.05) is 0 Å². The quantitative estimate of drug-likeness (QED) is 0.538. The molecule has 1 nitrogen and oxygen atoms in total. The molecule has 11 heavy (non-hydrogen) atoms. The van der Waals surface area contributed by atoms with Gasteiger partial charge < -0.3 is 0 Å². The van der Waals surface area contributed by atoms with Crippen molar-refractivity contribution in [3.8, 4) is 0 Å². The lowest BCUT2D eigenvalue weighted by atomic mass is 9.92. The van der Waals surface area contributed by atoms with Gasteiger partial charge in [-0.05, 0) is 13.8 Å². The Balaban J connectivity index is 4.60. The normalized spacial score (nSPS) is 15.5. The molecule has 0 saturated carbocycles. The van der Waals surface area contributed by atoms with Crippen molar-refractivity contribution in [2.24, 2.45) is 10.4 Å². The zero-order valence-corrected chi connectivity index (χ0v) is 8.66. The first-order valence-corrected chi connectivity index (χ1v) is 4.13. The van der Waals surface area contributed by atoms with E-state index in [-0.39, 0.29) is 5.41 Å². The van der Waals surface area contributed by atoms with Crippen molar-refractivity contribution in [3.05, 3.63) is 11.8 Å². The van der Waals surface area contributed by atoms with E-state index in [0.717, 1.165) is 5.70 Å². The van der Waals surface area contributed by atoms with Crippen LogP contribution in [0.1, 0.15) is 34.6 Å². The highest BCUT2D eigenvalue weighted by molar-refractivity contribution is 6.64. The van der Waals surface area contributed by atoms with Crippen molar-refractivity contribution < 1.29 is 0 Å². The molecule has 0 rings (SSSR count). The first-order chi connectivity index (χ1) is 4.88. The molecule has 0 amide bonds. The zero-order chi connectivity index (χ0) is 9.07. The third-order valence-electron chi connectivity index (χ3n) is 1.32. The summed E-state index contributed by atoms with van der Waals surface area (Å²) < 4.78 is 0. The first-order valence-electron chi connectivity index (χ1n) is 3.75. The van der Waals surface area contributed by atoms with Crippen LogP contribution in [0.15, 0.2) is 16.8 Å². The Morgan fingerprint density at radius 1 is 1.36 bits per heavy atom. The Hall–Kier alpha value is -0.300. The van der Waals surface area contributed by atoms with Crippen molar-refractivity contribution in [3.63, 3.8) is 0 Å². The molecule has 0 saturated heterocycles. The Bertz CT molecular complexity index is 180. The molecular formula is C9H16ClN. The fourth-order valence-corrected chi connectivity index (χ4v) is 0.922. The van der Waals surface area contributed by atoms with E-state index < -0.39 is 0 Å². The van der Waals surface area contributed by atoms with Crippen LogP contribution in [0.25, 0.3) is 0 Å². The van der Waals surface area contributed by atoms with Gasteiger partial charge in [0, 0.05) is 11.1 Å². The molecular weight excluding hydrogens is 158 g/mol. The zero-order valence-electron chi connectivity index (χ0n) is 7.90. The third-order valence-corrected chi connectivity index (χ3v) is 1.40. The number of hydrogen-bond donors (Lipinski definition) is 0. The molecule has 0 aliphatic carbocycles. The summed E-state index contributed by atoms with van der Waals surface area (Å²) in [7, 11) is 0. The molecule has 0 spiro atoms. The second-order valence-electron chi connectivity index (χ2n) is 3.53. The fraction of sp³-hybridized carbons (Fsp3) is 0.667. The monoisotopic (exact) mass is 173 g/mol. The van der Waals surface area contributed by atoms with Crippen molar-refractivity contribution >= 4 is 16.8 Å². The smallest absolute Gasteiger partial charge is 0.103 e. The Labute approximate surface area is 74.2 Å². The largest absolute Gasteiger partial charge is 0.246 e. The van der Waals surface area contributed by atoms with E-state index >= 15 is 0 Å². The van der Waals surface area contributed by atoms with Gasteiger partial charge in [-0.25, -0.2) is 4.99 Å². The molecule has 0 heterocycles. The van der Waals surface area contributed by atoms with Crippen LogP contribution in [0.5, 0.6) is 0 Å². The maximum absolute atomic E-state index is 5.67. The van der Waals surface area contributed by atoms with Crippen molar-refractivity contribution in [1.29, 1.82) is 0 Å². The Morgan fingerprint density at radius 2 is 1.82 bits per heavy atom. The van der Waals surface area contributed by atoms with Gasteiger partial charge in [-0.2, -0.15) is 0 Å². The average Bonchev–Trinajstić information content (AvgIpc) is 1.79. The summed E-state index contributed by atoms with van der Waals surface area (Å²) in [6.45, 7) is 10.1. The Morgan fingerprint density at radius 3 is 1.91 bits per heavy atom. The summed E-state index contributed by atoms with van der Waals surface area (Å²) >= 11 is 5.67. The van der Waals surface area contributed by atoms with E-state index in [4.69, 9.17) is 11.6 Å². The molecule has 0 bridgehead atoms. The standard InChI is InChI=1S/C9H16ClN/c1-6-8(9(3,4)5)11-7(2)10/h6H,1-5H3/b8-6-,11-7?. The predicted molar refractivity (Wildman–Crippen MR) is 52.2 cm³/mol. The maximum atomic E-state index is 5.67. The van der Waals surface area contributed by atoms with Crippen LogP contribution in [0.2, 0.25) is 0 Å². The highest BCUT2D eigenvalue weighted by atomic mass is 35.5. The minimum atomic E-state index is 0.0882. The number of rotatable bonds is 1. The summed E-state index contributed by atoms with van der Waals surface area (Å²) in [5.74, 6) is 0. The SMILES string of the molecule is C/C=C(\N=C(C)Cl)C(C)(C)C. The second kappa shape index (κ2) is 3.91. The van der Waals surface area contributed by atoms with E-state index in [1.807, 2.05) is 13.0 Å². The predicted octanol–water partition coefficient (Wildman–Crippen LogP) is 3.59. The second-order valence-corrected chi connectivity index (χ2v) is 4.08. The van der Waals surface area contributed by atoms with Crippen LogP contribution in [-0.2, 0) is 0 Å². The van der Waals surface area contributed by atoms with Crippen LogP contribution < -0.4 is 0 Å². The van der Waals surface area contributed by atoms with Gasteiger partial charge in [-0.15, -0.1) is 0 Å². The van der Waals surface area contributed by atoms with Crippen LogP contribution in [-0.4, -0.2) is 5.17 Å². The molecule has 0 unspecified atom stereocenters. The third kappa shape index (κ3) is 4.20. The lowest BCUT2D eigenvalue weighted by molar-refractivity contribution is 0.498. The van der Waals surface area contributed by atoms with Gasteiger partial charge in [-0.3, -0.25) is 0 Å². The molecule has 0 aromatic carbocycles.